The molecule has 2 rings (SSSR count). The highest BCUT2D eigenvalue weighted by atomic mass is 79.9. The molecule has 1 N–H and O–H groups in total. The first kappa shape index (κ1) is 14.2. The molecule has 1 aromatic carbocycles. The van der Waals surface area contributed by atoms with Gasteiger partial charge in [-0.25, -0.2) is 0 Å². The van der Waals surface area contributed by atoms with E-state index >= 15 is 0 Å². The zero-order valence-corrected chi connectivity index (χ0v) is 13.3. The van der Waals surface area contributed by atoms with Crippen molar-refractivity contribution in [3.05, 3.63) is 27.7 Å². The summed E-state index contributed by atoms with van der Waals surface area (Å²) in [5.41, 5.74) is 1.23. The van der Waals surface area contributed by atoms with E-state index < -0.39 is 0 Å². The van der Waals surface area contributed by atoms with Gasteiger partial charge < -0.3 is 10.1 Å². The third-order valence-corrected chi connectivity index (χ3v) is 5.04. The van der Waals surface area contributed by atoms with Gasteiger partial charge in [0.25, 0.3) is 0 Å². The summed E-state index contributed by atoms with van der Waals surface area (Å²) in [7, 11) is 0. The predicted molar refractivity (Wildman–Crippen MR) is 80.4 cm³/mol. The van der Waals surface area contributed by atoms with Crippen LogP contribution in [-0.4, -0.2) is 18.8 Å². The van der Waals surface area contributed by atoms with Crippen LogP contribution in [0.2, 0.25) is 5.02 Å². The molecule has 2 atom stereocenters. The van der Waals surface area contributed by atoms with Crippen LogP contribution in [0.15, 0.2) is 22.7 Å². The van der Waals surface area contributed by atoms with Gasteiger partial charge in [0.15, 0.2) is 0 Å². The Kier molecular flexibility index (Phi) is 4.25. The normalized spacial score (nSPS) is 25.6. The summed E-state index contributed by atoms with van der Waals surface area (Å²) >= 11 is 9.50. The number of hydrogen-bond acceptors (Lipinski definition) is 2. The summed E-state index contributed by atoms with van der Waals surface area (Å²) in [6.07, 6.45) is 1.40. The van der Waals surface area contributed by atoms with Crippen LogP contribution in [0, 0.1) is 5.41 Å². The molecule has 1 aliphatic carbocycles. The van der Waals surface area contributed by atoms with Gasteiger partial charge in [0.1, 0.15) is 0 Å². The Hall–Kier alpha value is -0.250. The van der Waals surface area contributed by atoms with Crippen molar-refractivity contribution in [2.24, 2.45) is 5.41 Å². The monoisotopic (exact) mass is 331 g/mol. The van der Waals surface area contributed by atoms with Crippen molar-refractivity contribution in [2.75, 3.05) is 11.9 Å². The van der Waals surface area contributed by atoms with E-state index in [9.17, 15) is 0 Å². The smallest absolute Gasteiger partial charge is 0.0665 e. The fraction of sp³-hybridized carbons (Fsp3) is 0.571. The zero-order valence-electron chi connectivity index (χ0n) is 11.0. The van der Waals surface area contributed by atoms with Crippen molar-refractivity contribution in [1.29, 1.82) is 0 Å². The van der Waals surface area contributed by atoms with Crippen molar-refractivity contribution in [3.8, 4) is 0 Å². The lowest BCUT2D eigenvalue weighted by Crippen LogP contribution is -2.58. The number of benzene rings is 1. The van der Waals surface area contributed by atoms with Crippen molar-refractivity contribution in [2.45, 2.75) is 39.3 Å². The van der Waals surface area contributed by atoms with Gasteiger partial charge in [0.05, 0.1) is 11.1 Å². The maximum atomic E-state index is 6.10. The Morgan fingerprint density at radius 2 is 2.22 bits per heavy atom. The Balaban J connectivity index is 2.01. The van der Waals surface area contributed by atoms with Crippen molar-refractivity contribution < 1.29 is 4.74 Å². The molecule has 1 saturated carbocycles. The average molecular weight is 333 g/mol. The molecule has 4 heteroatoms. The second kappa shape index (κ2) is 5.40. The molecule has 0 aliphatic heterocycles. The largest absolute Gasteiger partial charge is 0.382 e. The lowest BCUT2D eigenvalue weighted by Gasteiger charge is -2.52. The lowest BCUT2D eigenvalue weighted by molar-refractivity contribution is -0.0975. The molecular formula is C14H19BrClNO. The maximum absolute atomic E-state index is 6.10. The second-order valence-electron chi connectivity index (χ2n) is 5.33. The highest BCUT2D eigenvalue weighted by molar-refractivity contribution is 9.10. The van der Waals surface area contributed by atoms with Crippen LogP contribution in [-0.2, 0) is 4.74 Å². The van der Waals surface area contributed by atoms with Gasteiger partial charge in [-0.1, -0.05) is 25.4 Å². The minimum absolute atomic E-state index is 0.162. The zero-order chi connectivity index (χ0) is 13.3. The SMILES string of the molecule is CCOC1CC(Nc2ccc(Br)c(Cl)c2)C1(C)C. The highest BCUT2D eigenvalue weighted by Crippen LogP contribution is 2.44. The molecule has 1 aliphatic rings. The van der Waals surface area contributed by atoms with E-state index in [-0.39, 0.29) is 5.41 Å². The number of hydrogen-bond donors (Lipinski definition) is 1. The molecule has 2 nitrogen and oxygen atoms in total. The standard InChI is InChI=1S/C14H19BrClNO/c1-4-18-13-8-12(14(13,2)3)17-9-5-6-10(15)11(16)7-9/h5-7,12-13,17H,4,8H2,1-3H3. The Morgan fingerprint density at radius 3 is 2.78 bits per heavy atom. The fourth-order valence-electron chi connectivity index (χ4n) is 2.40. The van der Waals surface area contributed by atoms with Gasteiger partial charge in [0, 0.05) is 28.2 Å². The minimum Gasteiger partial charge on any atom is -0.382 e. The Bertz CT molecular complexity index is 436. The van der Waals surface area contributed by atoms with Crippen LogP contribution in [0.3, 0.4) is 0 Å². The Labute approximate surface area is 122 Å². The molecule has 100 valence electrons. The molecule has 0 amide bonds. The van der Waals surface area contributed by atoms with Crippen LogP contribution in [0.4, 0.5) is 5.69 Å². The van der Waals surface area contributed by atoms with E-state index in [2.05, 4.69) is 35.1 Å². The van der Waals surface area contributed by atoms with E-state index in [1.165, 1.54) is 0 Å². The molecule has 0 spiro atoms. The first-order chi connectivity index (χ1) is 8.45. The molecule has 0 bridgehead atoms. The molecule has 18 heavy (non-hydrogen) atoms. The van der Waals surface area contributed by atoms with Gasteiger partial charge in [-0.15, -0.1) is 0 Å². The van der Waals surface area contributed by atoms with Gasteiger partial charge in [-0.3, -0.25) is 0 Å². The molecular weight excluding hydrogens is 314 g/mol. The minimum atomic E-state index is 0.162. The fourth-order valence-corrected chi connectivity index (χ4v) is 2.83. The summed E-state index contributed by atoms with van der Waals surface area (Å²) in [4.78, 5) is 0. The van der Waals surface area contributed by atoms with Gasteiger partial charge in [-0.05, 0) is 47.5 Å². The quantitative estimate of drug-likeness (QED) is 0.861. The van der Waals surface area contributed by atoms with E-state index in [0.717, 1.165) is 28.2 Å². The Morgan fingerprint density at radius 1 is 1.50 bits per heavy atom. The first-order valence-corrected chi connectivity index (χ1v) is 7.45. The molecule has 0 heterocycles. The van der Waals surface area contributed by atoms with E-state index in [0.29, 0.717) is 12.1 Å². The van der Waals surface area contributed by atoms with Crippen LogP contribution < -0.4 is 5.32 Å². The third-order valence-electron chi connectivity index (χ3n) is 3.81. The van der Waals surface area contributed by atoms with Gasteiger partial charge in [0.2, 0.25) is 0 Å². The van der Waals surface area contributed by atoms with E-state index in [4.69, 9.17) is 16.3 Å². The van der Waals surface area contributed by atoms with Crippen LogP contribution in [0.1, 0.15) is 27.2 Å². The number of anilines is 1. The lowest BCUT2D eigenvalue weighted by atomic mass is 9.64. The predicted octanol–water partition coefficient (Wildman–Crippen LogP) is 4.72. The third kappa shape index (κ3) is 2.68. The highest BCUT2D eigenvalue weighted by Gasteiger charge is 2.48. The molecule has 2 unspecified atom stereocenters. The molecule has 1 aromatic rings. The second-order valence-corrected chi connectivity index (χ2v) is 6.59. The molecule has 1 fully saturated rings. The summed E-state index contributed by atoms with van der Waals surface area (Å²) in [6, 6.07) is 6.40. The summed E-state index contributed by atoms with van der Waals surface area (Å²) in [5.74, 6) is 0. The average Bonchev–Trinajstić information content (AvgIpc) is 2.32. The molecule has 0 aromatic heterocycles. The van der Waals surface area contributed by atoms with Crippen molar-refractivity contribution in [3.63, 3.8) is 0 Å². The number of rotatable bonds is 4. The van der Waals surface area contributed by atoms with Gasteiger partial charge >= 0.3 is 0 Å². The summed E-state index contributed by atoms with van der Waals surface area (Å²) < 4.78 is 6.66. The summed E-state index contributed by atoms with van der Waals surface area (Å²) in [5, 5.41) is 4.27. The van der Waals surface area contributed by atoms with E-state index in [1.54, 1.807) is 0 Å². The van der Waals surface area contributed by atoms with Crippen LogP contribution in [0.5, 0.6) is 0 Å². The van der Waals surface area contributed by atoms with Crippen LogP contribution in [0.25, 0.3) is 0 Å². The maximum Gasteiger partial charge on any atom is 0.0665 e. The van der Waals surface area contributed by atoms with Gasteiger partial charge in [-0.2, -0.15) is 0 Å². The molecule has 0 saturated heterocycles. The first-order valence-electron chi connectivity index (χ1n) is 6.28. The van der Waals surface area contributed by atoms with Crippen molar-refractivity contribution in [1.82, 2.24) is 0 Å². The van der Waals surface area contributed by atoms with E-state index in [1.807, 2.05) is 25.1 Å². The van der Waals surface area contributed by atoms with Crippen LogP contribution >= 0.6 is 27.5 Å². The summed E-state index contributed by atoms with van der Waals surface area (Å²) in [6.45, 7) is 7.32. The topological polar surface area (TPSA) is 21.3 Å². The number of nitrogens with one attached hydrogen (secondary N) is 1. The molecule has 0 radical (unpaired) electrons. The number of ether oxygens (including phenoxy) is 1. The number of halogens is 2. The van der Waals surface area contributed by atoms with Crippen molar-refractivity contribution >= 4 is 33.2 Å².